The fraction of sp³-hybridized carbons (Fsp3) is 0.375. The molecule has 2 aromatic rings. The number of hydrogen-bond acceptors (Lipinski definition) is 2. The molecule has 1 heterocycles. The van der Waals surface area contributed by atoms with Gasteiger partial charge in [0.2, 0.25) is 0 Å². The van der Waals surface area contributed by atoms with Gasteiger partial charge in [0.25, 0.3) is 0 Å². The maximum Gasteiger partial charge on any atom is 0.0496 e. The molecule has 0 aliphatic heterocycles. The zero-order chi connectivity index (χ0) is 14.2. The minimum atomic E-state index is 0.337. The molecule has 0 bridgehead atoms. The average Bonchev–Trinajstić information content (AvgIpc) is 2.62. The molecule has 0 aliphatic carbocycles. The second kappa shape index (κ2) is 5.68. The fourth-order valence-electron chi connectivity index (χ4n) is 2.51. The minimum Gasteiger partial charge on any atom is -0.378 e. The van der Waals surface area contributed by atoms with Crippen molar-refractivity contribution in [3.63, 3.8) is 0 Å². The summed E-state index contributed by atoms with van der Waals surface area (Å²) in [5.74, 6) is 0. The van der Waals surface area contributed by atoms with Crippen LogP contribution in [0.25, 0.3) is 0 Å². The highest BCUT2D eigenvalue weighted by Gasteiger charge is 2.13. The third kappa shape index (κ3) is 3.21. The number of anilines is 1. The van der Waals surface area contributed by atoms with Crippen LogP contribution >= 0.6 is 27.3 Å². The molecule has 1 aromatic carbocycles. The molecule has 1 atom stereocenters. The summed E-state index contributed by atoms with van der Waals surface area (Å²) in [5, 5.41) is 3.66. The van der Waals surface area contributed by atoms with Gasteiger partial charge in [0, 0.05) is 26.0 Å². The van der Waals surface area contributed by atoms with Crippen LogP contribution in [0, 0.1) is 27.7 Å². The van der Waals surface area contributed by atoms with E-state index < -0.39 is 0 Å². The minimum absolute atomic E-state index is 0.337. The van der Waals surface area contributed by atoms with Crippen LogP contribution in [0.1, 0.15) is 39.4 Å². The van der Waals surface area contributed by atoms with Crippen molar-refractivity contribution in [2.24, 2.45) is 0 Å². The summed E-state index contributed by atoms with van der Waals surface area (Å²) in [7, 11) is 0. The Hall–Kier alpha value is -0.800. The standard InChI is InChI=1S/C16H20BrNS/c1-9-6-14(17)7-10(2)16(9)18-12(4)15-8-11(3)19-13(15)5/h6-8,12,18H,1-5H3. The van der Waals surface area contributed by atoms with E-state index >= 15 is 0 Å². The van der Waals surface area contributed by atoms with Gasteiger partial charge in [0.15, 0.2) is 0 Å². The van der Waals surface area contributed by atoms with Crippen molar-refractivity contribution in [2.75, 3.05) is 5.32 Å². The first-order valence-corrected chi connectivity index (χ1v) is 8.09. The van der Waals surface area contributed by atoms with Crippen LogP contribution < -0.4 is 5.32 Å². The number of benzene rings is 1. The summed E-state index contributed by atoms with van der Waals surface area (Å²) >= 11 is 5.42. The molecule has 0 saturated heterocycles. The predicted molar refractivity (Wildman–Crippen MR) is 89.4 cm³/mol. The monoisotopic (exact) mass is 337 g/mol. The van der Waals surface area contributed by atoms with E-state index in [1.807, 2.05) is 11.3 Å². The summed E-state index contributed by atoms with van der Waals surface area (Å²) in [4.78, 5) is 2.79. The van der Waals surface area contributed by atoms with Crippen molar-refractivity contribution in [3.8, 4) is 0 Å². The molecule has 0 fully saturated rings. The van der Waals surface area contributed by atoms with Crippen molar-refractivity contribution >= 4 is 33.0 Å². The number of aryl methyl sites for hydroxylation is 4. The van der Waals surface area contributed by atoms with Crippen LogP contribution in [0.2, 0.25) is 0 Å². The lowest BCUT2D eigenvalue weighted by atomic mass is 10.1. The lowest BCUT2D eigenvalue weighted by Crippen LogP contribution is -2.09. The van der Waals surface area contributed by atoms with Crippen molar-refractivity contribution in [3.05, 3.63) is 49.1 Å². The highest BCUT2D eigenvalue weighted by molar-refractivity contribution is 9.10. The number of rotatable bonds is 3. The Kier molecular flexibility index (Phi) is 4.36. The summed E-state index contributed by atoms with van der Waals surface area (Å²) in [6.07, 6.45) is 0. The van der Waals surface area contributed by atoms with Gasteiger partial charge in [-0.05, 0) is 69.5 Å². The highest BCUT2D eigenvalue weighted by Crippen LogP contribution is 2.32. The fourth-order valence-corrected chi connectivity index (χ4v) is 4.22. The SMILES string of the molecule is Cc1cc(C(C)Nc2c(C)cc(Br)cc2C)c(C)s1. The van der Waals surface area contributed by atoms with Gasteiger partial charge in [-0.25, -0.2) is 0 Å². The molecule has 0 saturated carbocycles. The number of thiophene rings is 1. The van der Waals surface area contributed by atoms with E-state index in [2.05, 4.69) is 74.1 Å². The van der Waals surface area contributed by atoms with E-state index in [1.165, 1.54) is 32.1 Å². The van der Waals surface area contributed by atoms with Gasteiger partial charge in [-0.15, -0.1) is 11.3 Å². The molecule has 3 heteroatoms. The molecule has 0 amide bonds. The average molecular weight is 338 g/mol. The molecular formula is C16H20BrNS. The molecule has 102 valence electrons. The summed E-state index contributed by atoms with van der Waals surface area (Å²) in [6.45, 7) is 10.9. The lowest BCUT2D eigenvalue weighted by molar-refractivity contribution is 0.877. The number of hydrogen-bond donors (Lipinski definition) is 1. The molecular weight excluding hydrogens is 318 g/mol. The molecule has 0 aliphatic rings. The zero-order valence-electron chi connectivity index (χ0n) is 12.1. The molecule has 2 rings (SSSR count). The van der Waals surface area contributed by atoms with Crippen LogP contribution in [0.5, 0.6) is 0 Å². The maximum absolute atomic E-state index is 3.66. The van der Waals surface area contributed by atoms with Crippen molar-refractivity contribution < 1.29 is 0 Å². The summed E-state index contributed by atoms with van der Waals surface area (Å²) in [6, 6.07) is 6.95. The molecule has 1 N–H and O–H groups in total. The van der Waals surface area contributed by atoms with Crippen LogP contribution in [-0.2, 0) is 0 Å². The van der Waals surface area contributed by atoms with E-state index in [0.717, 1.165) is 4.47 Å². The third-order valence-electron chi connectivity index (χ3n) is 3.40. The van der Waals surface area contributed by atoms with Gasteiger partial charge in [0.05, 0.1) is 0 Å². The van der Waals surface area contributed by atoms with E-state index in [0.29, 0.717) is 6.04 Å². The first kappa shape index (κ1) is 14.6. The van der Waals surface area contributed by atoms with Crippen LogP contribution in [0.4, 0.5) is 5.69 Å². The Labute approximate surface area is 128 Å². The largest absolute Gasteiger partial charge is 0.378 e. The van der Waals surface area contributed by atoms with Gasteiger partial charge in [0.1, 0.15) is 0 Å². The van der Waals surface area contributed by atoms with E-state index in [9.17, 15) is 0 Å². The Morgan fingerprint density at radius 3 is 2.11 bits per heavy atom. The Morgan fingerprint density at radius 1 is 1.05 bits per heavy atom. The van der Waals surface area contributed by atoms with Crippen LogP contribution in [0.3, 0.4) is 0 Å². The molecule has 0 spiro atoms. The second-order valence-electron chi connectivity index (χ2n) is 5.15. The normalized spacial score (nSPS) is 12.5. The van der Waals surface area contributed by atoms with Crippen LogP contribution in [0.15, 0.2) is 22.7 Å². The van der Waals surface area contributed by atoms with Crippen LogP contribution in [-0.4, -0.2) is 0 Å². The molecule has 1 aromatic heterocycles. The smallest absolute Gasteiger partial charge is 0.0496 e. The summed E-state index contributed by atoms with van der Waals surface area (Å²) < 4.78 is 1.14. The molecule has 1 nitrogen and oxygen atoms in total. The third-order valence-corrected chi connectivity index (χ3v) is 4.84. The quantitative estimate of drug-likeness (QED) is 0.733. The zero-order valence-corrected chi connectivity index (χ0v) is 14.5. The van der Waals surface area contributed by atoms with Gasteiger partial charge >= 0.3 is 0 Å². The lowest BCUT2D eigenvalue weighted by Gasteiger charge is -2.19. The Bertz CT molecular complexity index is 578. The predicted octanol–water partition coefficient (Wildman–Crippen LogP) is 5.92. The Balaban J connectivity index is 2.29. The van der Waals surface area contributed by atoms with Crippen molar-refractivity contribution in [1.82, 2.24) is 0 Å². The molecule has 19 heavy (non-hydrogen) atoms. The molecule has 1 unspecified atom stereocenters. The van der Waals surface area contributed by atoms with Gasteiger partial charge in [-0.1, -0.05) is 15.9 Å². The van der Waals surface area contributed by atoms with E-state index in [4.69, 9.17) is 0 Å². The number of halogens is 1. The topological polar surface area (TPSA) is 12.0 Å². The number of nitrogens with one attached hydrogen (secondary N) is 1. The van der Waals surface area contributed by atoms with Crippen molar-refractivity contribution in [1.29, 1.82) is 0 Å². The van der Waals surface area contributed by atoms with Gasteiger partial charge in [-0.3, -0.25) is 0 Å². The highest BCUT2D eigenvalue weighted by atomic mass is 79.9. The van der Waals surface area contributed by atoms with E-state index in [1.54, 1.807) is 0 Å². The van der Waals surface area contributed by atoms with Crippen molar-refractivity contribution in [2.45, 2.75) is 40.7 Å². The van der Waals surface area contributed by atoms with Gasteiger partial charge < -0.3 is 5.32 Å². The maximum atomic E-state index is 3.66. The van der Waals surface area contributed by atoms with Gasteiger partial charge in [-0.2, -0.15) is 0 Å². The first-order valence-electron chi connectivity index (χ1n) is 6.48. The Morgan fingerprint density at radius 2 is 1.63 bits per heavy atom. The van der Waals surface area contributed by atoms with E-state index in [-0.39, 0.29) is 0 Å². The first-order chi connectivity index (χ1) is 8.88. The molecule has 0 radical (unpaired) electrons. The summed E-state index contributed by atoms with van der Waals surface area (Å²) in [5.41, 5.74) is 5.22. The second-order valence-corrected chi connectivity index (χ2v) is 7.53.